The van der Waals surface area contributed by atoms with E-state index in [0.717, 1.165) is 19.3 Å². The number of ether oxygens (including phenoxy) is 2. The Labute approximate surface area is 162 Å². The lowest BCUT2D eigenvalue weighted by Gasteiger charge is -2.37. The summed E-state index contributed by atoms with van der Waals surface area (Å²) < 4.78 is 12.1. The first-order valence-corrected chi connectivity index (χ1v) is 10.2. The van der Waals surface area contributed by atoms with Crippen molar-refractivity contribution in [3.05, 3.63) is 0 Å². The van der Waals surface area contributed by atoms with E-state index >= 15 is 0 Å². The lowest BCUT2D eigenvalue weighted by atomic mass is 9.75. The van der Waals surface area contributed by atoms with Gasteiger partial charge in [-0.2, -0.15) is 0 Å². The fourth-order valence-electron chi connectivity index (χ4n) is 3.89. The Morgan fingerprint density at radius 1 is 0.923 bits per heavy atom. The van der Waals surface area contributed by atoms with Gasteiger partial charge in [-0.05, 0) is 80.1 Å². The molecule has 0 aromatic carbocycles. The second-order valence-corrected chi connectivity index (χ2v) is 10.4. The van der Waals surface area contributed by atoms with Gasteiger partial charge < -0.3 is 14.8 Å². The van der Waals surface area contributed by atoms with E-state index in [1.165, 1.54) is 0 Å². The molecule has 0 bridgehead atoms. The van der Waals surface area contributed by atoms with Crippen LogP contribution in [0.4, 0.5) is 0 Å². The zero-order valence-corrected chi connectivity index (χ0v) is 19.3. The zero-order chi connectivity index (χ0) is 20.8. The van der Waals surface area contributed by atoms with Gasteiger partial charge in [-0.1, -0.05) is 20.8 Å². The first-order chi connectivity index (χ1) is 11.6. The summed E-state index contributed by atoms with van der Waals surface area (Å²) in [5.41, 5.74) is -0.379. The van der Waals surface area contributed by atoms with Gasteiger partial charge in [0.25, 0.3) is 0 Å². The minimum Gasteiger partial charge on any atom is -0.375 e. The molecule has 0 fully saturated rings. The summed E-state index contributed by atoms with van der Waals surface area (Å²) in [5.74, 6) is 0.140. The maximum absolute atomic E-state index is 12.2. The standard InChI is InChI=1S/C22H45NO3/c1-16(2)23-19(24)18(5)14-20(6,7)15-22(10,11)25-13-12-21(8,9)26-17(3)4/h16-18H,12-15H2,1-11H3,(H,23,24). The van der Waals surface area contributed by atoms with Gasteiger partial charge in [-0.3, -0.25) is 4.79 Å². The first-order valence-electron chi connectivity index (χ1n) is 10.2. The van der Waals surface area contributed by atoms with Crippen molar-refractivity contribution in [2.45, 2.75) is 119 Å². The molecule has 1 N–H and O–H groups in total. The summed E-state index contributed by atoms with van der Waals surface area (Å²) in [4.78, 5) is 12.2. The number of carbonyl (C=O) groups excluding carboxylic acids is 1. The molecule has 1 unspecified atom stereocenters. The monoisotopic (exact) mass is 371 g/mol. The summed E-state index contributed by atoms with van der Waals surface area (Å²) in [6.07, 6.45) is 2.84. The topological polar surface area (TPSA) is 47.6 Å². The molecular formula is C22H45NO3. The Balaban J connectivity index is 4.54. The molecule has 4 heteroatoms. The van der Waals surface area contributed by atoms with Crippen LogP contribution in [0.3, 0.4) is 0 Å². The van der Waals surface area contributed by atoms with Gasteiger partial charge in [-0.15, -0.1) is 0 Å². The van der Waals surface area contributed by atoms with Gasteiger partial charge in [0.2, 0.25) is 5.91 Å². The first kappa shape index (κ1) is 25.4. The number of carbonyl (C=O) groups is 1. The third-order valence-electron chi connectivity index (χ3n) is 4.39. The molecule has 1 atom stereocenters. The second-order valence-electron chi connectivity index (χ2n) is 10.4. The number of rotatable bonds is 12. The Kier molecular flexibility index (Phi) is 9.84. The molecule has 0 aliphatic heterocycles. The normalized spacial score (nSPS) is 14.8. The van der Waals surface area contributed by atoms with Crippen molar-refractivity contribution in [3.8, 4) is 0 Å². The zero-order valence-electron chi connectivity index (χ0n) is 19.3. The van der Waals surface area contributed by atoms with E-state index in [1.807, 2.05) is 20.8 Å². The maximum Gasteiger partial charge on any atom is 0.223 e. The van der Waals surface area contributed by atoms with Crippen molar-refractivity contribution in [1.29, 1.82) is 0 Å². The Morgan fingerprint density at radius 3 is 1.92 bits per heavy atom. The molecule has 0 saturated carbocycles. The minimum absolute atomic E-state index is 0.00146. The summed E-state index contributed by atoms with van der Waals surface area (Å²) in [6.45, 7) is 23.8. The molecule has 0 aliphatic rings. The van der Waals surface area contributed by atoms with Gasteiger partial charge in [0, 0.05) is 12.0 Å². The molecule has 0 rings (SSSR count). The maximum atomic E-state index is 12.2. The van der Waals surface area contributed by atoms with Crippen LogP contribution in [0.1, 0.15) is 95.4 Å². The van der Waals surface area contributed by atoms with Crippen LogP contribution in [0.2, 0.25) is 0 Å². The van der Waals surface area contributed by atoms with Crippen LogP contribution in [0.15, 0.2) is 0 Å². The van der Waals surface area contributed by atoms with E-state index in [2.05, 4.69) is 60.7 Å². The molecule has 0 aromatic heterocycles. The second kappa shape index (κ2) is 10.1. The molecule has 0 aliphatic carbocycles. The van der Waals surface area contributed by atoms with E-state index < -0.39 is 0 Å². The molecular weight excluding hydrogens is 326 g/mol. The number of hydrogen-bond acceptors (Lipinski definition) is 3. The average molecular weight is 372 g/mol. The van der Waals surface area contributed by atoms with Crippen LogP contribution in [0, 0.1) is 11.3 Å². The van der Waals surface area contributed by atoms with Crippen LogP contribution in [-0.2, 0) is 14.3 Å². The Bertz CT molecular complexity index is 425. The summed E-state index contributed by atoms with van der Waals surface area (Å²) in [7, 11) is 0. The molecule has 26 heavy (non-hydrogen) atoms. The van der Waals surface area contributed by atoms with Crippen molar-refractivity contribution in [3.63, 3.8) is 0 Å². The molecule has 0 saturated heterocycles. The highest BCUT2D eigenvalue weighted by atomic mass is 16.5. The SMILES string of the molecule is CC(C)NC(=O)C(C)CC(C)(C)CC(C)(C)OCCC(C)(C)OC(C)C. The fraction of sp³-hybridized carbons (Fsp3) is 0.955. The number of nitrogens with one attached hydrogen (secondary N) is 1. The lowest BCUT2D eigenvalue weighted by molar-refractivity contribution is -0.127. The molecule has 0 aromatic rings. The van der Waals surface area contributed by atoms with Crippen LogP contribution in [0.25, 0.3) is 0 Å². The third-order valence-corrected chi connectivity index (χ3v) is 4.39. The summed E-state index contributed by atoms with van der Waals surface area (Å²) in [6, 6.07) is 0.184. The average Bonchev–Trinajstić information content (AvgIpc) is 2.32. The van der Waals surface area contributed by atoms with Gasteiger partial charge in [0.15, 0.2) is 0 Å². The van der Waals surface area contributed by atoms with Gasteiger partial charge >= 0.3 is 0 Å². The van der Waals surface area contributed by atoms with Crippen molar-refractivity contribution >= 4 is 5.91 Å². The largest absolute Gasteiger partial charge is 0.375 e. The van der Waals surface area contributed by atoms with Crippen LogP contribution in [0.5, 0.6) is 0 Å². The molecule has 0 radical (unpaired) electrons. The highest BCUT2D eigenvalue weighted by molar-refractivity contribution is 5.78. The highest BCUT2D eigenvalue weighted by Crippen LogP contribution is 2.36. The minimum atomic E-state index is -0.231. The summed E-state index contributed by atoms with van der Waals surface area (Å²) >= 11 is 0. The van der Waals surface area contributed by atoms with E-state index in [1.54, 1.807) is 0 Å². The highest BCUT2D eigenvalue weighted by Gasteiger charge is 2.33. The van der Waals surface area contributed by atoms with Crippen LogP contribution in [-0.4, -0.2) is 35.9 Å². The quantitative estimate of drug-likeness (QED) is 0.503. The third kappa shape index (κ3) is 11.9. The van der Waals surface area contributed by atoms with E-state index in [-0.39, 0.29) is 40.6 Å². The van der Waals surface area contributed by atoms with Crippen LogP contribution < -0.4 is 5.32 Å². The number of amides is 1. The van der Waals surface area contributed by atoms with Crippen molar-refractivity contribution in [2.24, 2.45) is 11.3 Å². The Hall–Kier alpha value is -0.610. The molecule has 1 amide bonds. The lowest BCUT2D eigenvalue weighted by Crippen LogP contribution is -2.39. The molecule has 0 heterocycles. The molecule has 4 nitrogen and oxygen atoms in total. The van der Waals surface area contributed by atoms with E-state index in [4.69, 9.17) is 9.47 Å². The predicted molar refractivity (Wildman–Crippen MR) is 110 cm³/mol. The van der Waals surface area contributed by atoms with Crippen LogP contribution >= 0.6 is 0 Å². The van der Waals surface area contributed by atoms with Crippen molar-refractivity contribution in [1.82, 2.24) is 5.32 Å². The van der Waals surface area contributed by atoms with E-state index in [9.17, 15) is 4.79 Å². The van der Waals surface area contributed by atoms with Crippen molar-refractivity contribution < 1.29 is 14.3 Å². The van der Waals surface area contributed by atoms with Crippen molar-refractivity contribution in [2.75, 3.05) is 6.61 Å². The predicted octanol–water partition coefficient (Wildman–Crippen LogP) is 5.34. The summed E-state index contributed by atoms with van der Waals surface area (Å²) in [5, 5.41) is 3.01. The smallest absolute Gasteiger partial charge is 0.223 e. The van der Waals surface area contributed by atoms with Gasteiger partial charge in [-0.25, -0.2) is 0 Å². The molecule has 0 spiro atoms. The fourth-order valence-corrected chi connectivity index (χ4v) is 3.89. The Morgan fingerprint density at radius 2 is 1.46 bits per heavy atom. The van der Waals surface area contributed by atoms with E-state index in [0.29, 0.717) is 6.61 Å². The van der Waals surface area contributed by atoms with Gasteiger partial charge in [0.05, 0.1) is 23.9 Å². The van der Waals surface area contributed by atoms with Gasteiger partial charge in [0.1, 0.15) is 0 Å². The molecule has 156 valence electrons. The number of hydrogen-bond donors (Lipinski definition) is 1.